The number of hydrogen-bond donors (Lipinski definition) is 1. The van der Waals surface area contributed by atoms with E-state index in [9.17, 15) is 9.90 Å². The van der Waals surface area contributed by atoms with Gasteiger partial charge in [-0.1, -0.05) is 72.8 Å². The first-order valence-electron chi connectivity index (χ1n) is 18.7. The van der Waals surface area contributed by atoms with Crippen LogP contribution in [-0.4, -0.2) is 26.5 Å². The Morgan fingerprint density at radius 2 is 1.51 bits per heavy atom. The second-order valence-electron chi connectivity index (χ2n) is 13.7. The van der Waals surface area contributed by atoms with Crippen LogP contribution in [0.4, 0.5) is 11.4 Å². The van der Waals surface area contributed by atoms with E-state index in [4.69, 9.17) is 17.2 Å². The van der Waals surface area contributed by atoms with Crippen LogP contribution >= 0.6 is 12.2 Å². The number of anilines is 1. The lowest BCUT2D eigenvalue weighted by molar-refractivity contribution is 0.398. The first-order valence-corrected chi connectivity index (χ1v) is 19.2. The number of rotatable bonds is 10. The third-order valence-corrected chi connectivity index (χ3v) is 11.0. The molecule has 0 aliphatic heterocycles. The summed E-state index contributed by atoms with van der Waals surface area (Å²) in [4.78, 5) is 21.6. The van der Waals surface area contributed by atoms with Gasteiger partial charge in [-0.25, -0.2) is 0 Å². The molecule has 0 atom stereocenters. The zero-order chi connectivity index (χ0) is 37.8. The summed E-state index contributed by atoms with van der Waals surface area (Å²) < 4.78 is 3.58. The molecule has 0 radical (unpaired) electrons. The highest BCUT2D eigenvalue weighted by atomic mass is 32.1. The number of nitrogens with zero attached hydrogens (tertiary/aromatic N) is 4. The van der Waals surface area contributed by atoms with Gasteiger partial charge in [0.15, 0.2) is 4.77 Å². The van der Waals surface area contributed by atoms with Crippen LogP contribution in [0.25, 0.3) is 27.1 Å². The number of fused-ring (bicyclic) bond motifs is 2. The van der Waals surface area contributed by atoms with Crippen LogP contribution in [0, 0.1) is 18.6 Å². The normalized spacial score (nSPS) is 15.0. The summed E-state index contributed by atoms with van der Waals surface area (Å²) >= 11 is 5.68. The van der Waals surface area contributed by atoms with Crippen LogP contribution in [0.3, 0.4) is 0 Å². The third kappa shape index (κ3) is 7.36. The van der Waals surface area contributed by atoms with Gasteiger partial charge >= 0.3 is 0 Å². The average Bonchev–Trinajstić information content (AvgIpc) is 3.16. The summed E-state index contributed by atoms with van der Waals surface area (Å²) in [6.07, 6.45) is 10.9. The molecule has 272 valence electrons. The summed E-state index contributed by atoms with van der Waals surface area (Å²) in [5.74, 6) is -0.0826. The van der Waals surface area contributed by atoms with Crippen molar-refractivity contribution in [3.05, 3.63) is 146 Å². The first-order chi connectivity index (χ1) is 25.6. The monoisotopic (exact) mass is 722 g/mol. The van der Waals surface area contributed by atoms with Gasteiger partial charge in [0, 0.05) is 36.7 Å². The van der Waals surface area contributed by atoms with Crippen molar-refractivity contribution in [2.24, 2.45) is 4.99 Å². The van der Waals surface area contributed by atoms with Crippen molar-refractivity contribution in [1.29, 1.82) is 0 Å². The minimum absolute atomic E-state index is 0.0826. The molecule has 0 fully saturated rings. The topological polar surface area (TPSA) is 62.8 Å². The molecule has 7 heteroatoms. The van der Waals surface area contributed by atoms with Crippen LogP contribution < -0.4 is 10.5 Å². The van der Waals surface area contributed by atoms with E-state index in [1.165, 1.54) is 32.8 Å². The van der Waals surface area contributed by atoms with E-state index < -0.39 is 0 Å². The summed E-state index contributed by atoms with van der Waals surface area (Å²) in [5, 5.41) is 16.6. The number of aliphatic imine (C=N–C) groups is 1. The van der Waals surface area contributed by atoms with Crippen molar-refractivity contribution in [1.82, 2.24) is 9.13 Å². The molecule has 1 aromatic heterocycles. The predicted octanol–water partition coefficient (Wildman–Crippen LogP) is 11.7. The second kappa shape index (κ2) is 16.2. The summed E-state index contributed by atoms with van der Waals surface area (Å²) in [6, 6.07) is 25.4. The molecule has 6 nitrogen and oxygen atoms in total. The maximum absolute atomic E-state index is 14.2. The van der Waals surface area contributed by atoms with E-state index in [0.29, 0.717) is 23.4 Å². The second-order valence-corrected chi connectivity index (χ2v) is 14.1. The predicted molar refractivity (Wildman–Crippen MR) is 227 cm³/mol. The fraction of sp³-hybridized carbons (Fsp3) is 0.283. The quantitative estimate of drug-likeness (QED) is 0.115. The van der Waals surface area contributed by atoms with Gasteiger partial charge in [0.2, 0.25) is 5.88 Å². The van der Waals surface area contributed by atoms with E-state index in [0.717, 1.165) is 65.2 Å². The Bertz CT molecular complexity index is 2490. The standard InChI is InChI=1S/C46H50N4O2S/c1-8-48(41-29-27-35-17-12-14-21-39(35)33(41)7)31(5)23-25-37-19-15-18-36(42(37)43-44(51)49(9-2)46(53)50(10-3)45(43)52)24-22-30(4)47-40-28-26-34-16-11-13-20-38(34)32(40)6/h11-14,16-17,20-29,51H,8-10,15,18-19H2,1-7H3/b24-22+,31-23+,37-25+,47-30?. The molecule has 1 aliphatic rings. The maximum Gasteiger partial charge on any atom is 0.266 e. The molecule has 0 amide bonds. The van der Waals surface area contributed by atoms with Gasteiger partial charge in [0.05, 0.1) is 5.69 Å². The van der Waals surface area contributed by atoms with Crippen molar-refractivity contribution >= 4 is 56.4 Å². The van der Waals surface area contributed by atoms with E-state index in [1.54, 1.807) is 9.13 Å². The Morgan fingerprint density at radius 3 is 2.17 bits per heavy atom. The summed E-state index contributed by atoms with van der Waals surface area (Å²) in [6.45, 7) is 16.1. The molecule has 0 saturated carbocycles. The third-order valence-electron chi connectivity index (χ3n) is 10.5. The molecule has 0 unspecified atom stereocenters. The number of hydrogen-bond acceptors (Lipinski definition) is 5. The lowest BCUT2D eigenvalue weighted by Gasteiger charge is -2.27. The Labute approximate surface area is 318 Å². The Hall–Kier alpha value is -5.27. The highest BCUT2D eigenvalue weighted by Crippen LogP contribution is 2.40. The van der Waals surface area contributed by atoms with Crippen molar-refractivity contribution in [3.63, 3.8) is 0 Å². The molecule has 0 saturated heterocycles. The van der Waals surface area contributed by atoms with Gasteiger partial charge in [-0.05, 0) is 154 Å². The van der Waals surface area contributed by atoms with Crippen LogP contribution in [-0.2, 0) is 13.1 Å². The van der Waals surface area contributed by atoms with Gasteiger partial charge in [0.25, 0.3) is 5.56 Å². The van der Waals surface area contributed by atoms with E-state index in [2.05, 4.69) is 124 Å². The van der Waals surface area contributed by atoms with Crippen LogP contribution in [0.5, 0.6) is 5.88 Å². The van der Waals surface area contributed by atoms with Crippen molar-refractivity contribution < 1.29 is 5.11 Å². The van der Waals surface area contributed by atoms with E-state index in [1.807, 2.05) is 26.8 Å². The molecule has 1 N–H and O–H groups in total. The number of aromatic nitrogens is 2. The van der Waals surface area contributed by atoms with E-state index >= 15 is 0 Å². The number of allylic oxidation sites excluding steroid dienone is 8. The van der Waals surface area contributed by atoms with Crippen molar-refractivity contribution in [2.45, 2.75) is 80.8 Å². The fourth-order valence-electron chi connectivity index (χ4n) is 7.67. The zero-order valence-corrected chi connectivity index (χ0v) is 32.8. The maximum atomic E-state index is 14.2. The van der Waals surface area contributed by atoms with Crippen LogP contribution in [0.2, 0.25) is 0 Å². The largest absolute Gasteiger partial charge is 0.494 e. The smallest absolute Gasteiger partial charge is 0.266 e. The average molecular weight is 723 g/mol. The minimum Gasteiger partial charge on any atom is -0.494 e. The molecule has 6 rings (SSSR count). The summed E-state index contributed by atoms with van der Waals surface area (Å²) in [7, 11) is 0. The van der Waals surface area contributed by atoms with Gasteiger partial charge in [-0.2, -0.15) is 0 Å². The Kier molecular flexibility index (Phi) is 11.4. The molecule has 5 aromatic rings. The molecule has 0 bridgehead atoms. The van der Waals surface area contributed by atoms with Gasteiger partial charge in [-0.3, -0.25) is 18.9 Å². The highest BCUT2D eigenvalue weighted by Gasteiger charge is 2.26. The van der Waals surface area contributed by atoms with E-state index in [-0.39, 0.29) is 11.4 Å². The lowest BCUT2D eigenvalue weighted by Crippen LogP contribution is -2.28. The molecule has 4 aromatic carbocycles. The Morgan fingerprint density at radius 1 is 0.868 bits per heavy atom. The number of aromatic hydroxyl groups is 1. The van der Waals surface area contributed by atoms with Crippen LogP contribution in [0.1, 0.15) is 70.6 Å². The molecule has 1 heterocycles. The van der Waals surface area contributed by atoms with Gasteiger partial charge < -0.3 is 10.0 Å². The van der Waals surface area contributed by atoms with Crippen molar-refractivity contribution in [3.8, 4) is 5.88 Å². The zero-order valence-electron chi connectivity index (χ0n) is 32.0. The fourth-order valence-corrected chi connectivity index (χ4v) is 8.09. The Balaban J connectivity index is 1.49. The number of benzene rings is 4. The van der Waals surface area contributed by atoms with Gasteiger partial charge in [0.1, 0.15) is 5.56 Å². The van der Waals surface area contributed by atoms with Crippen molar-refractivity contribution in [2.75, 3.05) is 11.4 Å². The molecule has 0 spiro atoms. The first kappa shape index (κ1) is 37.5. The minimum atomic E-state index is -0.270. The highest BCUT2D eigenvalue weighted by molar-refractivity contribution is 7.71. The molecule has 53 heavy (non-hydrogen) atoms. The number of aryl methyl sites for hydroxylation is 2. The summed E-state index contributed by atoms with van der Waals surface area (Å²) in [5.41, 5.74) is 9.24. The molecular formula is C46H50N4O2S. The lowest BCUT2D eigenvalue weighted by atomic mass is 9.83. The molecule has 1 aliphatic carbocycles. The molecular weight excluding hydrogens is 673 g/mol. The SMILES string of the molecule is CCN(/C(C)=C/C=C1\CCCC(/C=C/C(C)=Nc2ccc3ccccc3c2C)=C1c1c(O)n(CC)c(=S)n(CC)c1=O)c1ccc2ccccc2c1C. The van der Waals surface area contributed by atoms with Crippen LogP contribution in [0.15, 0.2) is 124 Å². The van der Waals surface area contributed by atoms with Gasteiger partial charge in [-0.15, -0.1) is 0 Å².